The van der Waals surface area contributed by atoms with Crippen molar-refractivity contribution < 1.29 is 0 Å². The van der Waals surface area contributed by atoms with E-state index in [4.69, 9.17) is 23.2 Å². The van der Waals surface area contributed by atoms with Gasteiger partial charge in [0.25, 0.3) is 0 Å². The smallest absolute Gasteiger partial charge is 0.0223 e. The summed E-state index contributed by atoms with van der Waals surface area (Å²) in [6.07, 6.45) is 4.15. The van der Waals surface area contributed by atoms with Gasteiger partial charge in [-0.05, 0) is 18.3 Å². The van der Waals surface area contributed by atoms with Gasteiger partial charge in [0.1, 0.15) is 0 Å². The molecule has 0 aliphatic heterocycles. The van der Waals surface area contributed by atoms with E-state index in [9.17, 15) is 0 Å². The molecular weight excluding hydrogens is 205 g/mol. The molecule has 0 rings (SSSR count). The van der Waals surface area contributed by atoms with E-state index in [1.165, 1.54) is 0 Å². The average molecular weight is 224 g/mol. The molecule has 0 unspecified atom stereocenters. The monoisotopic (exact) mass is 223 g/mol. The van der Waals surface area contributed by atoms with Gasteiger partial charge in [-0.15, -0.1) is 11.6 Å². The van der Waals surface area contributed by atoms with Crippen molar-refractivity contribution in [3.63, 3.8) is 0 Å². The third-order valence-corrected chi connectivity index (χ3v) is 2.39. The maximum atomic E-state index is 5.64. The SMILES string of the molecule is CC(C)(CCCCl)CNC/C=C/Cl. The van der Waals surface area contributed by atoms with Gasteiger partial charge in [0, 0.05) is 24.5 Å². The summed E-state index contributed by atoms with van der Waals surface area (Å²) < 4.78 is 0. The van der Waals surface area contributed by atoms with Crippen LogP contribution in [0.4, 0.5) is 0 Å². The van der Waals surface area contributed by atoms with Gasteiger partial charge in [-0.1, -0.05) is 31.5 Å². The molecule has 0 fully saturated rings. The van der Waals surface area contributed by atoms with Crippen LogP contribution in [-0.4, -0.2) is 19.0 Å². The van der Waals surface area contributed by atoms with E-state index in [0.717, 1.165) is 31.8 Å². The fourth-order valence-corrected chi connectivity index (χ4v) is 1.39. The molecule has 0 aromatic rings. The highest BCUT2D eigenvalue weighted by atomic mass is 35.5. The first-order valence-electron chi connectivity index (χ1n) is 4.64. The summed E-state index contributed by atoms with van der Waals surface area (Å²) in [6, 6.07) is 0. The Morgan fingerprint density at radius 2 is 2.08 bits per heavy atom. The fourth-order valence-electron chi connectivity index (χ4n) is 1.17. The van der Waals surface area contributed by atoms with E-state index in [-0.39, 0.29) is 0 Å². The summed E-state index contributed by atoms with van der Waals surface area (Å²) >= 11 is 11.0. The molecule has 13 heavy (non-hydrogen) atoms. The Morgan fingerprint density at radius 3 is 2.62 bits per heavy atom. The van der Waals surface area contributed by atoms with Crippen LogP contribution in [-0.2, 0) is 0 Å². The molecule has 0 bridgehead atoms. The predicted octanol–water partition coefficient (Wildman–Crippen LogP) is 3.37. The zero-order valence-corrected chi connectivity index (χ0v) is 9.96. The minimum atomic E-state index is 0.328. The summed E-state index contributed by atoms with van der Waals surface area (Å²) in [6.45, 7) is 6.34. The maximum Gasteiger partial charge on any atom is 0.0223 e. The van der Waals surface area contributed by atoms with E-state index < -0.39 is 0 Å². The zero-order valence-electron chi connectivity index (χ0n) is 8.45. The maximum absolute atomic E-state index is 5.64. The molecular formula is C10H19Cl2N. The Kier molecular flexibility index (Phi) is 7.83. The third-order valence-electron chi connectivity index (χ3n) is 1.94. The van der Waals surface area contributed by atoms with Crippen LogP contribution in [0.3, 0.4) is 0 Å². The molecule has 78 valence electrons. The van der Waals surface area contributed by atoms with Gasteiger partial charge in [0.05, 0.1) is 0 Å². The van der Waals surface area contributed by atoms with Crippen molar-refractivity contribution in [1.29, 1.82) is 0 Å². The molecule has 0 saturated heterocycles. The zero-order chi connectivity index (χ0) is 10.2. The molecule has 0 atom stereocenters. The first kappa shape index (κ1) is 13.3. The van der Waals surface area contributed by atoms with Gasteiger partial charge in [-0.2, -0.15) is 0 Å². The Labute approximate surface area is 91.5 Å². The summed E-state index contributed by atoms with van der Waals surface area (Å²) in [5.74, 6) is 0.755. The van der Waals surface area contributed by atoms with Crippen molar-refractivity contribution in [2.45, 2.75) is 26.7 Å². The average Bonchev–Trinajstić information content (AvgIpc) is 2.09. The topological polar surface area (TPSA) is 12.0 Å². The third kappa shape index (κ3) is 8.61. The molecule has 1 N–H and O–H groups in total. The van der Waals surface area contributed by atoms with Crippen LogP contribution in [0.5, 0.6) is 0 Å². The molecule has 0 aromatic heterocycles. The molecule has 0 aromatic carbocycles. The number of alkyl halides is 1. The van der Waals surface area contributed by atoms with Crippen molar-refractivity contribution in [2.75, 3.05) is 19.0 Å². The van der Waals surface area contributed by atoms with Gasteiger partial charge in [0.2, 0.25) is 0 Å². The summed E-state index contributed by atoms with van der Waals surface area (Å²) in [4.78, 5) is 0. The predicted molar refractivity (Wildman–Crippen MR) is 61.6 cm³/mol. The summed E-state index contributed by atoms with van der Waals surface area (Å²) in [5, 5.41) is 3.32. The fraction of sp³-hybridized carbons (Fsp3) is 0.800. The van der Waals surface area contributed by atoms with Gasteiger partial charge in [-0.25, -0.2) is 0 Å². The van der Waals surface area contributed by atoms with Crippen LogP contribution in [0, 0.1) is 5.41 Å². The van der Waals surface area contributed by atoms with Crippen LogP contribution < -0.4 is 5.32 Å². The Balaban J connectivity index is 3.49. The van der Waals surface area contributed by atoms with Gasteiger partial charge in [0.15, 0.2) is 0 Å². The van der Waals surface area contributed by atoms with Gasteiger partial charge < -0.3 is 5.32 Å². The molecule has 0 saturated carbocycles. The molecule has 0 spiro atoms. The molecule has 1 nitrogen and oxygen atoms in total. The number of hydrogen-bond donors (Lipinski definition) is 1. The van der Waals surface area contributed by atoms with Gasteiger partial charge >= 0.3 is 0 Å². The van der Waals surface area contributed by atoms with Crippen molar-refractivity contribution in [3.05, 3.63) is 11.6 Å². The number of halogens is 2. The second-order valence-electron chi connectivity index (χ2n) is 3.95. The molecule has 3 heteroatoms. The largest absolute Gasteiger partial charge is 0.313 e. The molecule has 0 heterocycles. The highest BCUT2D eigenvalue weighted by molar-refractivity contribution is 6.25. The minimum Gasteiger partial charge on any atom is -0.313 e. The van der Waals surface area contributed by atoms with Crippen molar-refractivity contribution in [1.82, 2.24) is 5.32 Å². The lowest BCUT2D eigenvalue weighted by Crippen LogP contribution is -2.29. The van der Waals surface area contributed by atoms with Crippen LogP contribution >= 0.6 is 23.2 Å². The van der Waals surface area contributed by atoms with Crippen LogP contribution in [0.2, 0.25) is 0 Å². The van der Waals surface area contributed by atoms with Crippen molar-refractivity contribution >= 4 is 23.2 Å². The van der Waals surface area contributed by atoms with Gasteiger partial charge in [-0.3, -0.25) is 0 Å². The first-order valence-corrected chi connectivity index (χ1v) is 5.61. The van der Waals surface area contributed by atoms with E-state index in [1.54, 1.807) is 5.54 Å². The lowest BCUT2D eigenvalue weighted by atomic mass is 9.88. The summed E-state index contributed by atoms with van der Waals surface area (Å²) in [7, 11) is 0. The lowest BCUT2D eigenvalue weighted by molar-refractivity contribution is 0.317. The van der Waals surface area contributed by atoms with Crippen molar-refractivity contribution in [3.8, 4) is 0 Å². The normalized spacial score (nSPS) is 12.6. The lowest BCUT2D eigenvalue weighted by Gasteiger charge is -2.24. The van der Waals surface area contributed by atoms with E-state index >= 15 is 0 Å². The Morgan fingerprint density at radius 1 is 1.38 bits per heavy atom. The van der Waals surface area contributed by atoms with Crippen LogP contribution in [0.15, 0.2) is 11.6 Å². The van der Waals surface area contributed by atoms with E-state index in [0.29, 0.717) is 5.41 Å². The molecule has 0 radical (unpaired) electrons. The van der Waals surface area contributed by atoms with Crippen molar-refractivity contribution in [2.24, 2.45) is 5.41 Å². The number of nitrogens with one attached hydrogen (secondary N) is 1. The highest BCUT2D eigenvalue weighted by Crippen LogP contribution is 2.21. The Bertz CT molecular complexity index is 144. The summed E-state index contributed by atoms with van der Waals surface area (Å²) in [5.41, 5.74) is 1.87. The quantitative estimate of drug-likeness (QED) is 0.516. The number of rotatable bonds is 7. The second kappa shape index (κ2) is 7.66. The second-order valence-corrected chi connectivity index (χ2v) is 4.58. The molecule has 0 aliphatic carbocycles. The van der Waals surface area contributed by atoms with Crippen LogP contribution in [0.25, 0.3) is 0 Å². The Hall–Kier alpha value is 0.280. The van der Waals surface area contributed by atoms with E-state index in [2.05, 4.69) is 19.2 Å². The molecule has 0 aliphatic rings. The highest BCUT2D eigenvalue weighted by Gasteiger charge is 2.15. The first-order chi connectivity index (χ1) is 6.12. The number of hydrogen-bond acceptors (Lipinski definition) is 1. The minimum absolute atomic E-state index is 0.328. The van der Waals surface area contributed by atoms with Crippen LogP contribution in [0.1, 0.15) is 26.7 Å². The standard InChI is InChI=1S/C10H19Cl2N/c1-10(2,5-3-6-11)9-13-8-4-7-12/h4,7,13H,3,5-6,8-9H2,1-2H3/b7-4+. The molecule has 0 amide bonds. The van der Waals surface area contributed by atoms with E-state index in [1.807, 2.05) is 6.08 Å².